The van der Waals surface area contributed by atoms with Crippen LogP contribution in [0.15, 0.2) is 67.3 Å². The van der Waals surface area contributed by atoms with Crippen LogP contribution in [0.3, 0.4) is 0 Å². The highest BCUT2D eigenvalue weighted by Gasteiger charge is 2.39. The minimum absolute atomic E-state index is 0.0580. The average Bonchev–Trinajstić information content (AvgIpc) is 3.28. The first-order valence-electron chi connectivity index (χ1n) is 9.79. The number of ether oxygens (including phenoxy) is 2. The molecule has 0 unspecified atom stereocenters. The molecule has 6 nitrogen and oxygen atoms in total. The molecule has 0 amide bonds. The van der Waals surface area contributed by atoms with Crippen molar-refractivity contribution in [2.45, 2.75) is 35.9 Å². The SMILES string of the molecule is C[C@@H](S[C@H]1CO[C@@H](c2ccccc2)OC1)[C@](O)(Cn1cncn1)c1ccc(F)cc1. The van der Waals surface area contributed by atoms with Crippen molar-refractivity contribution in [2.24, 2.45) is 0 Å². The lowest BCUT2D eigenvalue weighted by molar-refractivity contribution is -0.180. The molecule has 1 aliphatic heterocycles. The van der Waals surface area contributed by atoms with Gasteiger partial charge in [-0.15, -0.1) is 11.8 Å². The first-order chi connectivity index (χ1) is 14.5. The summed E-state index contributed by atoms with van der Waals surface area (Å²) in [6.45, 7) is 3.18. The van der Waals surface area contributed by atoms with E-state index >= 15 is 0 Å². The monoisotopic (exact) mass is 429 g/mol. The third kappa shape index (κ3) is 4.73. The Kier molecular flexibility index (Phi) is 6.48. The number of aliphatic hydroxyl groups is 1. The van der Waals surface area contributed by atoms with Crippen molar-refractivity contribution in [3.05, 3.63) is 84.2 Å². The van der Waals surface area contributed by atoms with Crippen LogP contribution in [-0.2, 0) is 21.6 Å². The number of rotatable bonds is 7. The number of benzene rings is 2. The zero-order valence-corrected chi connectivity index (χ0v) is 17.4. The van der Waals surface area contributed by atoms with Crippen LogP contribution in [0.4, 0.5) is 4.39 Å². The molecule has 8 heteroatoms. The Morgan fingerprint density at radius 3 is 2.50 bits per heavy atom. The quantitative estimate of drug-likeness (QED) is 0.620. The highest BCUT2D eigenvalue weighted by Crippen LogP contribution is 2.38. The molecule has 0 aliphatic carbocycles. The normalized spacial score (nSPS) is 22.4. The first kappa shape index (κ1) is 21.0. The van der Waals surface area contributed by atoms with Crippen LogP contribution in [0.1, 0.15) is 24.3 Å². The molecule has 1 fully saturated rings. The Balaban J connectivity index is 1.45. The lowest BCUT2D eigenvalue weighted by Crippen LogP contribution is -2.42. The van der Waals surface area contributed by atoms with Crippen molar-refractivity contribution in [2.75, 3.05) is 13.2 Å². The van der Waals surface area contributed by atoms with Gasteiger partial charge in [-0.3, -0.25) is 0 Å². The van der Waals surface area contributed by atoms with Gasteiger partial charge in [-0.25, -0.2) is 14.1 Å². The molecule has 30 heavy (non-hydrogen) atoms. The molecule has 2 heterocycles. The van der Waals surface area contributed by atoms with E-state index in [2.05, 4.69) is 10.1 Å². The summed E-state index contributed by atoms with van der Waals surface area (Å²) in [6.07, 6.45) is 2.61. The highest BCUT2D eigenvalue weighted by atomic mass is 32.2. The predicted molar refractivity (Wildman–Crippen MR) is 112 cm³/mol. The van der Waals surface area contributed by atoms with Crippen molar-refractivity contribution in [3.8, 4) is 0 Å². The lowest BCUT2D eigenvalue weighted by atomic mass is 9.90. The van der Waals surface area contributed by atoms with Crippen molar-refractivity contribution in [3.63, 3.8) is 0 Å². The maximum Gasteiger partial charge on any atom is 0.183 e. The smallest absolute Gasteiger partial charge is 0.183 e. The fourth-order valence-electron chi connectivity index (χ4n) is 3.52. The largest absolute Gasteiger partial charge is 0.382 e. The van der Waals surface area contributed by atoms with Crippen molar-refractivity contribution in [1.82, 2.24) is 14.8 Å². The number of hydrogen-bond donors (Lipinski definition) is 1. The van der Waals surface area contributed by atoms with Gasteiger partial charge in [0, 0.05) is 10.8 Å². The van der Waals surface area contributed by atoms with Crippen LogP contribution in [0, 0.1) is 5.82 Å². The molecule has 0 radical (unpaired) electrons. The minimum atomic E-state index is -1.28. The summed E-state index contributed by atoms with van der Waals surface area (Å²) in [5.41, 5.74) is 0.338. The Morgan fingerprint density at radius 1 is 1.17 bits per heavy atom. The Labute approximate surface area is 179 Å². The summed E-state index contributed by atoms with van der Waals surface area (Å²) in [6, 6.07) is 15.8. The molecule has 158 valence electrons. The van der Waals surface area contributed by atoms with E-state index in [0.717, 1.165) is 5.56 Å². The van der Waals surface area contributed by atoms with Crippen molar-refractivity contribution < 1.29 is 19.0 Å². The molecule has 0 spiro atoms. The number of nitrogens with zero attached hydrogens (tertiary/aromatic N) is 3. The van der Waals surface area contributed by atoms with Crippen LogP contribution >= 0.6 is 11.8 Å². The summed E-state index contributed by atoms with van der Waals surface area (Å²) < 4.78 is 26.9. The van der Waals surface area contributed by atoms with Gasteiger partial charge in [-0.2, -0.15) is 5.10 Å². The average molecular weight is 430 g/mol. The van der Waals surface area contributed by atoms with E-state index < -0.39 is 5.60 Å². The zero-order valence-electron chi connectivity index (χ0n) is 16.6. The van der Waals surface area contributed by atoms with Gasteiger partial charge >= 0.3 is 0 Å². The first-order valence-corrected chi connectivity index (χ1v) is 10.7. The van der Waals surface area contributed by atoms with Crippen LogP contribution in [0.5, 0.6) is 0 Å². The molecule has 0 saturated carbocycles. The summed E-state index contributed by atoms with van der Waals surface area (Å²) in [5, 5.41) is 15.6. The third-order valence-corrected chi connectivity index (χ3v) is 6.68. The second-order valence-corrected chi connectivity index (χ2v) is 8.98. The predicted octanol–water partition coefficient (Wildman–Crippen LogP) is 3.54. The second kappa shape index (κ2) is 9.26. The van der Waals surface area contributed by atoms with Gasteiger partial charge in [0.2, 0.25) is 0 Å². The van der Waals surface area contributed by atoms with Gasteiger partial charge in [0.1, 0.15) is 24.1 Å². The maximum absolute atomic E-state index is 13.5. The highest BCUT2D eigenvalue weighted by molar-refractivity contribution is 8.00. The van der Waals surface area contributed by atoms with Crippen LogP contribution in [0.25, 0.3) is 0 Å². The van der Waals surface area contributed by atoms with E-state index in [4.69, 9.17) is 9.47 Å². The van der Waals surface area contributed by atoms with E-state index in [1.165, 1.54) is 18.5 Å². The molecule has 3 aromatic rings. The topological polar surface area (TPSA) is 69.4 Å². The molecule has 1 aliphatic rings. The lowest BCUT2D eigenvalue weighted by Gasteiger charge is -2.37. The summed E-state index contributed by atoms with van der Waals surface area (Å²) in [5.74, 6) is -0.344. The van der Waals surface area contributed by atoms with E-state index in [1.807, 2.05) is 37.3 Å². The minimum Gasteiger partial charge on any atom is -0.382 e. The number of thioether (sulfide) groups is 1. The third-order valence-electron chi connectivity index (χ3n) is 5.22. The Bertz CT molecular complexity index is 919. The van der Waals surface area contributed by atoms with Crippen molar-refractivity contribution >= 4 is 11.8 Å². The Morgan fingerprint density at radius 2 is 1.87 bits per heavy atom. The maximum atomic E-state index is 13.5. The van der Waals surface area contributed by atoms with Gasteiger partial charge in [0.05, 0.1) is 25.0 Å². The Hall–Kier alpha value is -2.26. The fourth-order valence-corrected chi connectivity index (χ4v) is 4.85. The molecule has 4 rings (SSSR count). The summed E-state index contributed by atoms with van der Waals surface area (Å²) in [7, 11) is 0. The standard InChI is InChI=1S/C22H24FN3O3S/c1-16(30-20-11-28-21(29-12-20)17-5-3-2-4-6-17)22(27,13-26-15-24-14-25-26)18-7-9-19(23)10-8-18/h2-10,14-16,20-21,27H,11-13H2,1H3/t16-,20-,21+,22-/m1/s1. The van der Waals surface area contributed by atoms with E-state index in [1.54, 1.807) is 34.9 Å². The van der Waals surface area contributed by atoms with Crippen LogP contribution < -0.4 is 0 Å². The number of halogens is 1. The van der Waals surface area contributed by atoms with Gasteiger partial charge in [-0.05, 0) is 17.7 Å². The molecule has 0 bridgehead atoms. The van der Waals surface area contributed by atoms with E-state index in [9.17, 15) is 9.50 Å². The number of aromatic nitrogens is 3. The fraction of sp³-hybridized carbons (Fsp3) is 0.364. The van der Waals surface area contributed by atoms with Crippen LogP contribution in [-0.4, -0.2) is 43.6 Å². The molecule has 2 aromatic carbocycles. The molecule has 1 saturated heterocycles. The molecule has 1 aromatic heterocycles. The van der Waals surface area contributed by atoms with Gasteiger partial charge in [-0.1, -0.05) is 49.4 Å². The van der Waals surface area contributed by atoms with E-state index in [-0.39, 0.29) is 29.2 Å². The summed E-state index contributed by atoms with van der Waals surface area (Å²) in [4.78, 5) is 3.96. The van der Waals surface area contributed by atoms with Gasteiger partial charge < -0.3 is 14.6 Å². The molecular weight excluding hydrogens is 405 g/mol. The number of hydrogen-bond acceptors (Lipinski definition) is 6. The van der Waals surface area contributed by atoms with Gasteiger partial charge in [0.25, 0.3) is 0 Å². The van der Waals surface area contributed by atoms with Gasteiger partial charge in [0.15, 0.2) is 6.29 Å². The van der Waals surface area contributed by atoms with Crippen molar-refractivity contribution in [1.29, 1.82) is 0 Å². The summed E-state index contributed by atoms with van der Waals surface area (Å²) >= 11 is 1.59. The molecular formula is C22H24FN3O3S. The van der Waals surface area contributed by atoms with E-state index in [0.29, 0.717) is 18.8 Å². The molecule has 2 atom stereocenters. The second-order valence-electron chi connectivity index (χ2n) is 7.33. The van der Waals surface area contributed by atoms with Crippen LogP contribution in [0.2, 0.25) is 0 Å². The zero-order chi connectivity index (χ0) is 21.0. The molecule has 1 N–H and O–H groups in total.